The maximum Gasteiger partial charge on any atom is 0.213 e. The lowest BCUT2D eigenvalue weighted by Crippen LogP contribution is -2.36. The van der Waals surface area contributed by atoms with Crippen LogP contribution >= 0.6 is 0 Å². The number of hydrazone groups is 1. The Kier molecular flexibility index (Phi) is 5.88. The van der Waals surface area contributed by atoms with Crippen LogP contribution in [0.5, 0.6) is 11.5 Å². The van der Waals surface area contributed by atoms with Crippen LogP contribution < -0.4 is 4.74 Å². The van der Waals surface area contributed by atoms with Crippen molar-refractivity contribution in [1.82, 2.24) is 5.01 Å². The summed E-state index contributed by atoms with van der Waals surface area (Å²) in [7, 11) is 1.00. The van der Waals surface area contributed by atoms with Crippen molar-refractivity contribution in [3.8, 4) is 11.5 Å². The summed E-state index contributed by atoms with van der Waals surface area (Å²) in [6, 6.07) is 26.4. The Morgan fingerprint density at radius 1 is 0.939 bits per heavy atom. The standard InChI is InChI=1S/C27H24N2O2.CH4O/c30-23-15-6-4-11-19(23)17-20-12-8-14-22-25(20)28-29-26(22)21-13-5-7-16-24(21)31-27(29)18-9-2-1-3-10-18;1-2/h1-7,9-11,13,15-17,22,26-27,30H,8,12,14H2;2H,1H3/b20-17+;. The van der Waals surface area contributed by atoms with Crippen molar-refractivity contribution in [3.05, 3.63) is 101 Å². The van der Waals surface area contributed by atoms with Crippen molar-refractivity contribution in [2.75, 3.05) is 7.11 Å². The SMILES string of the molecule is CO.Oc1ccccc1/C=C1\CCCC2C1=NN1C(c3ccccc3)Oc3ccccc3C21. The molecule has 0 bridgehead atoms. The number of phenols is 1. The number of rotatable bonds is 2. The molecule has 6 rings (SSSR count). The Morgan fingerprint density at radius 2 is 1.67 bits per heavy atom. The third-order valence-electron chi connectivity index (χ3n) is 6.60. The third kappa shape index (κ3) is 3.79. The van der Waals surface area contributed by atoms with Crippen LogP contribution in [-0.4, -0.2) is 28.0 Å². The van der Waals surface area contributed by atoms with Gasteiger partial charge in [-0.25, -0.2) is 5.01 Å². The average molecular weight is 441 g/mol. The quantitative estimate of drug-likeness (QED) is 0.537. The summed E-state index contributed by atoms with van der Waals surface area (Å²) in [6.07, 6.45) is 5.07. The summed E-state index contributed by atoms with van der Waals surface area (Å²) in [5.41, 5.74) is 5.53. The van der Waals surface area contributed by atoms with Crippen molar-refractivity contribution in [2.45, 2.75) is 31.5 Å². The highest BCUT2D eigenvalue weighted by Gasteiger charge is 2.48. The molecule has 1 fully saturated rings. The normalized spacial score (nSPS) is 23.9. The molecular formula is C28H28N2O3. The summed E-state index contributed by atoms with van der Waals surface area (Å²) >= 11 is 0. The number of para-hydroxylation sites is 2. The number of aliphatic hydroxyl groups is 1. The van der Waals surface area contributed by atoms with Crippen molar-refractivity contribution in [1.29, 1.82) is 0 Å². The highest BCUT2D eigenvalue weighted by atomic mass is 16.5. The zero-order valence-corrected chi connectivity index (χ0v) is 18.6. The van der Waals surface area contributed by atoms with Crippen molar-refractivity contribution < 1.29 is 14.9 Å². The predicted octanol–water partition coefficient (Wildman–Crippen LogP) is 5.69. The summed E-state index contributed by atoms with van der Waals surface area (Å²) < 4.78 is 6.47. The maximum atomic E-state index is 10.3. The monoisotopic (exact) mass is 440 g/mol. The maximum absolute atomic E-state index is 10.3. The molecule has 0 spiro atoms. The number of aliphatic hydroxyl groups excluding tert-OH is 1. The first-order chi connectivity index (χ1) is 16.3. The largest absolute Gasteiger partial charge is 0.507 e. The molecule has 3 aliphatic rings. The van der Waals surface area contributed by atoms with Crippen molar-refractivity contribution in [3.63, 3.8) is 0 Å². The van der Waals surface area contributed by atoms with E-state index < -0.39 is 0 Å². The molecule has 1 aliphatic carbocycles. The van der Waals surface area contributed by atoms with Crippen LogP contribution in [0.15, 0.2) is 89.5 Å². The Hall–Kier alpha value is -3.57. The highest BCUT2D eigenvalue weighted by molar-refractivity contribution is 6.07. The fourth-order valence-electron chi connectivity index (χ4n) is 5.18. The predicted molar refractivity (Wildman–Crippen MR) is 130 cm³/mol. The molecule has 5 nitrogen and oxygen atoms in total. The first-order valence-corrected chi connectivity index (χ1v) is 11.4. The minimum Gasteiger partial charge on any atom is -0.507 e. The molecule has 33 heavy (non-hydrogen) atoms. The number of nitrogens with zero attached hydrogens (tertiary/aromatic N) is 2. The van der Waals surface area contributed by atoms with Crippen LogP contribution in [-0.2, 0) is 0 Å². The molecule has 2 N–H and O–H groups in total. The van der Waals surface area contributed by atoms with Gasteiger partial charge in [0, 0.05) is 29.7 Å². The van der Waals surface area contributed by atoms with E-state index in [9.17, 15) is 5.11 Å². The number of aromatic hydroxyl groups is 1. The Balaban J connectivity index is 0.00000111. The van der Waals surface area contributed by atoms with Gasteiger partial charge in [0.25, 0.3) is 0 Å². The molecule has 3 unspecified atom stereocenters. The van der Waals surface area contributed by atoms with Crippen LogP contribution in [0.25, 0.3) is 6.08 Å². The van der Waals surface area contributed by atoms with Crippen LogP contribution in [0, 0.1) is 5.92 Å². The van der Waals surface area contributed by atoms with Gasteiger partial charge in [0.2, 0.25) is 6.23 Å². The van der Waals surface area contributed by atoms with Gasteiger partial charge >= 0.3 is 0 Å². The molecule has 168 valence electrons. The number of hydrogen-bond donors (Lipinski definition) is 2. The molecule has 0 aromatic heterocycles. The van der Waals surface area contributed by atoms with Crippen LogP contribution in [0.1, 0.15) is 48.2 Å². The molecule has 0 saturated heterocycles. The van der Waals surface area contributed by atoms with E-state index in [4.69, 9.17) is 14.9 Å². The molecule has 1 saturated carbocycles. The summed E-state index contributed by atoms with van der Waals surface area (Å²) in [6.45, 7) is 0. The topological polar surface area (TPSA) is 65.3 Å². The number of ether oxygens (including phenoxy) is 1. The minimum atomic E-state index is -0.245. The van der Waals surface area contributed by atoms with Crippen LogP contribution in [0.3, 0.4) is 0 Å². The smallest absolute Gasteiger partial charge is 0.213 e. The molecule has 2 heterocycles. The number of fused-ring (bicyclic) bond motifs is 5. The molecule has 2 aliphatic heterocycles. The van der Waals surface area contributed by atoms with Gasteiger partial charge in [-0.3, -0.25) is 0 Å². The number of benzene rings is 3. The van der Waals surface area contributed by atoms with Gasteiger partial charge in [0.15, 0.2) is 0 Å². The minimum absolute atomic E-state index is 0.165. The van der Waals surface area contributed by atoms with Gasteiger partial charge < -0.3 is 14.9 Å². The van der Waals surface area contributed by atoms with Gasteiger partial charge in [-0.1, -0.05) is 66.7 Å². The highest BCUT2D eigenvalue weighted by Crippen LogP contribution is 2.52. The van der Waals surface area contributed by atoms with Crippen LogP contribution in [0.4, 0.5) is 0 Å². The van der Waals surface area contributed by atoms with Gasteiger partial charge in [0.05, 0.1) is 11.8 Å². The van der Waals surface area contributed by atoms with Gasteiger partial charge in [-0.15, -0.1) is 0 Å². The van der Waals surface area contributed by atoms with E-state index in [0.717, 1.165) is 49.0 Å². The van der Waals surface area contributed by atoms with Crippen LogP contribution in [0.2, 0.25) is 0 Å². The lowest BCUT2D eigenvalue weighted by atomic mass is 9.77. The Morgan fingerprint density at radius 3 is 2.48 bits per heavy atom. The fraction of sp³-hybridized carbons (Fsp3) is 0.250. The second-order valence-electron chi connectivity index (χ2n) is 8.46. The van der Waals surface area contributed by atoms with E-state index in [1.54, 1.807) is 6.07 Å². The van der Waals surface area contributed by atoms with Crippen molar-refractivity contribution in [2.24, 2.45) is 11.0 Å². The van der Waals surface area contributed by atoms with E-state index >= 15 is 0 Å². The van der Waals surface area contributed by atoms with E-state index in [2.05, 4.69) is 41.4 Å². The molecule has 3 aromatic carbocycles. The zero-order valence-electron chi connectivity index (χ0n) is 18.6. The lowest BCUT2D eigenvalue weighted by Gasteiger charge is -2.40. The summed E-state index contributed by atoms with van der Waals surface area (Å²) in [4.78, 5) is 0. The molecular weight excluding hydrogens is 412 g/mol. The lowest BCUT2D eigenvalue weighted by molar-refractivity contribution is -0.0293. The molecule has 0 amide bonds. The van der Waals surface area contributed by atoms with E-state index in [0.29, 0.717) is 11.7 Å². The molecule has 5 heteroatoms. The summed E-state index contributed by atoms with van der Waals surface area (Å²) in [5.74, 6) is 1.58. The first kappa shape index (κ1) is 21.3. The number of phenolic OH excluding ortho intramolecular Hbond substituents is 1. The Labute approximate surface area is 194 Å². The van der Waals surface area contributed by atoms with E-state index in [-0.39, 0.29) is 12.3 Å². The van der Waals surface area contributed by atoms with Gasteiger partial charge in [-0.2, -0.15) is 5.10 Å². The zero-order chi connectivity index (χ0) is 22.8. The Bertz CT molecular complexity index is 1190. The second-order valence-corrected chi connectivity index (χ2v) is 8.46. The summed E-state index contributed by atoms with van der Waals surface area (Å²) in [5, 5.41) is 24.6. The van der Waals surface area contributed by atoms with E-state index in [1.807, 2.05) is 42.5 Å². The third-order valence-corrected chi connectivity index (χ3v) is 6.60. The number of hydrogen-bond acceptors (Lipinski definition) is 5. The molecule has 0 radical (unpaired) electrons. The second kappa shape index (κ2) is 9.12. The molecule has 3 atom stereocenters. The fourth-order valence-corrected chi connectivity index (χ4v) is 5.18. The van der Waals surface area contributed by atoms with E-state index in [1.165, 1.54) is 11.1 Å². The first-order valence-electron chi connectivity index (χ1n) is 11.4. The van der Waals surface area contributed by atoms with Gasteiger partial charge in [-0.05, 0) is 43.0 Å². The van der Waals surface area contributed by atoms with Crippen molar-refractivity contribution >= 4 is 11.8 Å². The molecule has 3 aromatic rings. The number of allylic oxidation sites excluding steroid dienone is 1. The average Bonchev–Trinajstić information content (AvgIpc) is 3.28. The van der Waals surface area contributed by atoms with Gasteiger partial charge in [0.1, 0.15) is 11.5 Å².